The van der Waals surface area contributed by atoms with Crippen LogP contribution in [-0.2, 0) is 0 Å². The van der Waals surface area contributed by atoms with Crippen LogP contribution in [0.1, 0.15) is 15.9 Å². The Bertz CT molecular complexity index is 1540. The van der Waals surface area contributed by atoms with Crippen LogP contribution in [0, 0.1) is 0 Å². The number of rotatable bonds is 8. The number of aromatic nitrogens is 1. The number of nitrogens with one attached hydrogen (secondary N) is 2. The van der Waals surface area contributed by atoms with E-state index in [4.69, 9.17) is 9.94 Å². The lowest BCUT2D eigenvalue weighted by Gasteiger charge is -2.14. The maximum atomic E-state index is 11.7. The molecule has 0 aliphatic carbocycles. The SMILES string of the molecule is O=C(NO)c1ccc(C=C(CNc2cnc3ccccc3c2)COc2cccc3ccccc23)cc1. The predicted octanol–water partition coefficient (Wildman–Crippen LogP) is 6.08. The molecular formula is C30H25N3O3. The summed E-state index contributed by atoms with van der Waals surface area (Å²) in [5.41, 5.74) is 5.83. The van der Waals surface area contributed by atoms with E-state index in [-0.39, 0.29) is 0 Å². The van der Waals surface area contributed by atoms with E-state index in [1.54, 1.807) is 17.6 Å². The number of pyridine rings is 1. The number of amides is 1. The van der Waals surface area contributed by atoms with Gasteiger partial charge in [0.2, 0.25) is 0 Å². The van der Waals surface area contributed by atoms with E-state index in [2.05, 4.69) is 34.6 Å². The number of fused-ring (bicyclic) bond motifs is 2. The molecule has 5 rings (SSSR count). The van der Waals surface area contributed by atoms with Crippen LogP contribution < -0.4 is 15.5 Å². The van der Waals surface area contributed by atoms with Crippen molar-refractivity contribution in [2.24, 2.45) is 0 Å². The molecule has 0 spiro atoms. The van der Waals surface area contributed by atoms with Crippen molar-refractivity contribution >= 4 is 39.3 Å². The van der Waals surface area contributed by atoms with Crippen LogP contribution in [0.2, 0.25) is 0 Å². The molecule has 1 aromatic heterocycles. The zero-order valence-corrected chi connectivity index (χ0v) is 19.5. The van der Waals surface area contributed by atoms with Gasteiger partial charge < -0.3 is 10.1 Å². The van der Waals surface area contributed by atoms with Crippen LogP contribution in [0.25, 0.3) is 27.8 Å². The number of hydrogen-bond donors (Lipinski definition) is 3. The van der Waals surface area contributed by atoms with E-state index in [0.717, 1.165) is 44.2 Å². The molecular weight excluding hydrogens is 450 g/mol. The van der Waals surface area contributed by atoms with Crippen molar-refractivity contribution in [2.75, 3.05) is 18.5 Å². The highest BCUT2D eigenvalue weighted by Gasteiger charge is 2.07. The van der Waals surface area contributed by atoms with Gasteiger partial charge in [0.05, 0.1) is 17.4 Å². The third kappa shape index (κ3) is 5.35. The molecule has 0 atom stereocenters. The maximum Gasteiger partial charge on any atom is 0.274 e. The van der Waals surface area contributed by atoms with Gasteiger partial charge in [-0.15, -0.1) is 0 Å². The first-order valence-electron chi connectivity index (χ1n) is 11.6. The van der Waals surface area contributed by atoms with Crippen LogP contribution in [0.3, 0.4) is 0 Å². The average molecular weight is 476 g/mol. The highest BCUT2D eigenvalue weighted by molar-refractivity contribution is 5.93. The average Bonchev–Trinajstić information content (AvgIpc) is 2.94. The minimum atomic E-state index is -0.546. The molecule has 0 saturated carbocycles. The lowest BCUT2D eigenvalue weighted by Crippen LogP contribution is -2.18. The van der Waals surface area contributed by atoms with Gasteiger partial charge in [-0.1, -0.05) is 72.8 Å². The molecule has 0 aliphatic rings. The van der Waals surface area contributed by atoms with Crippen LogP contribution in [0.15, 0.2) is 109 Å². The summed E-state index contributed by atoms with van der Waals surface area (Å²) in [6, 6.07) is 31.3. The van der Waals surface area contributed by atoms with E-state index >= 15 is 0 Å². The number of hydroxylamine groups is 1. The van der Waals surface area contributed by atoms with E-state index < -0.39 is 5.91 Å². The number of benzene rings is 4. The smallest absolute Gasteiger partial charge is 0.274 e. The summed E-state index contributed by atoms with van der Waals surface area (Å²) in [5.74, 6) is 0.275. The first kappa shape index (κ1) is 23.1. The van der Waals surface area contributed by atoms with Gasteiger partial charge in [-0.2, -0.15) is 0 Å². The number of carbonyl (C=O) groups excluding carboxylic acids is 1. The van der Waals surface area contributed by atoms with E-state index in [0.29, 0.717) is 18.7 Å². The van der Waals surface area contributed by atoms with Gasteiger partial charge in [0.1, 0.15) is 12.4 Å². The molecule has 0 bridgehead atoms. The Balaban J connectivity index is 1.38. The second kappa shape index (κ2) is 10.7. The molecule has 0 radical (unpaired) electrons. The standard InChI is InChI=1S/C30H25N3O3/c34-30(33-35)24-14-12-21(13-15-24)16-22(18-31-26-17-25-7-2-4-10-28(25)32-19-26)20-36-29-11-5-8-23-6-1-3-9-27(23)29/h1-17,19,31,35H,18,20H2,(H,33,34). The van der Waals surface area contributed by atoms with Gasteiger partial charge in [-0.05, 0) is 46.9 Å². The summed E-state index contributed by atoms with van der Waals surface area (Å²) in [6.07, 6.45) is 3.86. The second-order valence-electron chi connectivity index (χ2n) is 8.40. The van der Waals surface area contributed by atoms with Gasteiger partial charge >= 0.3 is 0 Å². The monoisotopic (exact) mass is 475 g/mol. The second-order valence-corrected chi connectivity index (χ2v) is 8.40. The van der Waals surface area contributed by atoms with Crippen molar-refractivity contribution in [3.63, 3.8) is 0 Å². The fourth-order valence-corrected chi connectivity index (χ4v) is 4.05. The Morgan fingerprint density at radius 3 is 2.47 bits per heavy atom. The van der Waals surface area contributed by atoms with Crippen molar-refractivity contribution in [1.82, 2.24) is 10.5 Å². The Morgan fingerprint density at radius 1 is 0.889 bits per heavy atom. The number of nitrogens with zero attached hydrogens (tertiary/aromatic N) is 1. The van der Waals surface area contributed by atoms with Crippen molar-refractivity contribution in [2.45, 2.75) is 0 Å². The first-order valence-corrected chi connectivity index (χ1v) is 11.6. The van der Waals surface area contributed by atoms with E-state index in [1.165, 1.54) is 0 Å². The Kier molecular flexibility index (Phi) is 6.87. The summed E-state index contributed by atoms with van der Waals surface area (Å²) >= 11 is 0. The topological polar surface area (TPSA) is 83.5 Å². The molecule has 6 nitrogen and oxygen atoms in total. The minimum absolute atomic E-state index is 0.376. The highest BCUT2D eigenvalue weighted by atomic mass is 16.5. The third-order valence-electron chi connectivity index (χ3n) is 5.92. The molecule has 1 amide bonds. The largest absolute Gasteiger partial charge is 0.489 e. The summed E-state index contributed by atoms with van der Waals surface area (Å²) in [7, 11) is 0. The minimum Gasteiger partial charge on any atom is -0.489 e. The number of anilines is 1. The first-order chi connectivity index (χ1) is 17.7. The summed E-state index contributed by atoms with van der Waals surface area (Å²) < 4.78 is 6.27. The van der Waals surface area contributed by atoms with Crippen molar-refractivity contribution in [3.8, 4) is 5.75 Å². The van der Waals surface area contributed by atoms with Crippen LogP contribution in [0.4, 0.5) is 5.69 Å². The third-order valence-corrected chi connectivity index (χ3v) is 5.92. The number of hydrogen-bond acceptors (Lipinski definition) is 5. The Labute approximate surface area is 208 Å². The molecule has 5 aromatic rings. The molecule has 6 heteroatoms. The lowest BCUT2D eigenvalue weighted by atomic mass is 10.1. The zero-order valence-electron chi connectivity index (χ0n) is 19.5. The number of para-hydroxylation sites is 1. The molecule has 0 saturated heterocycles. The van der Waals surface area contributed by atoms with E-state index in [1.807, 2.05) is 72.9 Å². The van der Waals surface area contributed by atoms with Gasteiger partial charge in [0, 0.05) is 22.9 Å². The molecule has 0 unspecified atom stereocenters. The van der Waals surface area contributed by atoms with Crippen molar-refractivity contribution in [3.05, 3.63) is 120 Å². The summed E-state index contributed by atoms with van der Waals surface area (Å²) in [5, 5.41) is 15.6. The Morgan fingerprint density at radius 2 is 1.64 bits per heavy atom. The summed E-state index contributed by atoms with van der Waals surface area (Å²) in [6.45, 7) is 0.921. The highest BCUT2D eigenvalue weighted by Crippen LogP contribution is 2.26. The van der Waals surface area contributed by atoms with Crippen LogP contribution in [0.5, 0.6) is 5.75 Å². The zero-order chi connectivity index (χ0) is 24.7. The summed E-state index contributed by atoms with van der Waals surface area (Å²) in [4.78, 5) is 16.2. The Hall–Kier alpha value is -4.68. The molecule has 36 heavy (non-hydrogen) atoms. The fourth-order valence-electron chi connectivity index (χ4n) is 4.05. The quantitative estimate of drug-likeness (QED) is 0.187. The molecule has 0 aliphatic heterocycles. The predicted molar refractivity (Wildman–Crippen MR) is 143 cm³/mol. The number of ether oxygens (including phenoxy) is 1. The van der Waals surface area contributed by atoms with E-state index in [9.17, 15) is 4.79 Å². The van der Waals surface area contributed by atoms with Gasteiger partial charge in [0.25, 0.3) is 5.91 Å². The molecule has 3 N–H and O–H groups in total. The van der Waals surface area contributed by atoms with Crippen molar-refractivity contribution in [1.29, 1.82) is 0 Å². The molecule has 4 aromatic carbocycles. The van der Waals surface area contributed by atoms with Gasteiger partial charge in [-0.3, -0.25) is 15.0 Å². The fraction of sp³-hybridized carbons (Fsp3) is 0.0667. The van der Waals surface area contributed by atoms with Crippen LogP contribution >= 0.6 is 0 Å². The molecule has 1 heterocycles. The van der Waals surface area contributed by atoms with Crippen molar-refractivity contribution < 1.29 is 14.7 Å². The maximum absolute atomic E-state index is 11.7. The lowest BCUT2D eigenvalue weighted by molar-refractivity contribution is 0.0706. The van der Waals surface area contributed by atoms with Gasteiger partial charge in [0.15, 0.2) is 0 Å². The normalized spacial score (nSPS) is 11.4. The number of carbonyl (C=O) groups is 1. The molecule has 178 valence electrons. The molecule has 0 fully saturated rings. The van der Waals surface area contributed by atoms with Gasteiger partial charge in [-0.25, -0.2) is 5.48 Å². The van der Waals surface area contributed by atoms with Crippen LogP contribution in [-0.4, -0.2) is 29.3 Å².